The summed E-state index contributed by atoms with van der Waals surface area (Å²) in [6, 6.07) is 9.79. The highest BCUT2D eigenvalue weighted by molar-refractivity contribution is 5.67. The third-order valence-corrected chi connectivity index (χ3v) is 3.31. The molecule has 1 aromatic heterocycles. The fourth-order valence-electron chi connectivity index (χ4n) is 1.91. The summed E-state index contributed by atoms with van der Waals surface area (Å²) in [6.45, 7) is 3.73. The molecule has 0 spiro atoms. The number of hydrogen-bond acceptors (Lipinski definition) is 5. The number of nitriles is 1. The van der Waals surface area contributed by atoms with E-state index in [9.17, 15) is 5.26 Å². The third kappa shape index (κ3) is 2.41. The van der Waals surface area contributed by atoms with Crippen LogP contribution in [-0.4, -0.2) is 24.4 Å². The molecule has 0 atom stereocenters. The first-order valence-electron chi connectivity index (χ1n) is 6.20. The Hall–Kier alpha value is -2.61. The van der Waals surface area contributed by atoms with Crippen molar-refractivity contribution in [2.24, 2.45) is 0 Å². The highest BCUT2D eigenvalue weighted by atomic mass is 16.5. The predicted molar refractivity (Wildman–Crippen MR) is 77.3 cm³/mol. The lowest BCUT2D eigenvalue weighted by molar-refractivity contribution is 0.415. The van der Waals surface area contributed by atoms with E-state index in [1.807, 2.05) is 50.1 Å². The Morgan fingerprint density at radius 2 is 2.00 bits per heavy atom. The standard InChI is InChI=1S/C15H16N4O/c1-10-11(2)17-18-15(14(10)9-16)19(3)12-6-5-7-13(8-12)20-4/h5-8H,1-4H3. The summed E-state index contributed by atoms with van der Waals surface area (Å²) in [6.07, 6.45) is 0. The molecule has 0 fully saturated rings. The van der Waals surface area contributed by atoms with Gasteiger partial charge < -0.3 is 9.64 Å². The van der Waals surface area contributed by atoms with Crippen LogP contribution in [0.25, 0.3) is 0 Å². The fourth-order valence-corrected chi connectivity index (χ4v) is 1.91. The Morgan fingerprint density at radius 3 is 2.65 bits per heavy atom. The van der Waals surface area contributed by atoms with Gasteiger partial charge in [-0.15, -0.1) is 5.10 Å². The van der Waals surface area contributed by atoms with E-state index in [-0.39, 0.29) is 0 Å². The van der Waals surface area contributed by atoms with E-state index in [2.05, 4.69) is 16.3 Å². The molecule has 102 valence electrons. The zero-order valence-corrected chi connectivity index (χ0v) is 12.0. The fraction of sp³-hybridized carbons (Fsp3) is 0.267. The SMILES string of the molecule is COc1cccc(N(C)c2nnc(C)c(C)c2C#N)c1. The zero-order chi connectivity index (χ0) is 14.7. The largest absolute Gasteiger partial charge is 0.497 e. The molecule has 0 aliphatic heterocycles. The first-order chi connectivity index (χ1) is 9.58. The van der Waals surface area contributed by atoms with Crippen LogP contribution in [0.5, 0.6) is 5.75 Å². The Kier molecular flexibility index (Phi) is 3.85. The number of ether oxygens (including phenoxy) is 1. The van der Waals surface area contributed by atoms with Gasteiger partial charge in [0.05, 0.1) is 12.8 Å². The van der Waals surface area contributed by atoms with Crippen LogP contribution in [0.2, 0.25) is 0 Å². The second-order valence-corrected chi connectivity index (χ2v) is 4.48. The van der Waals surface area contributed by atoms with Crippen molar-refractivity contribution in [1.29, 1.82) is 5.26 Å². The van der Waals surface area contributed by atoms with Crippen LogP contribution in [0.1, 0.15) is 16.8 Å². The van der Waals surface area contributed by atoms with Crippen molar-refractivity contribution in [3.63, 3.8) is 0 Å². The topological polar surface area (TPSA) is 62.0 Å². The minimum atomic E-state index is 0.544. The van der Waals surface area contributed by atoms with Crippen LogP contribution in [0.3, 0.4) is 0 Å². The predicted octanol–water partition coefficient (Wildman–Crippen LogP) is 2.74. The normalized spacial score (nSPS) is 9.95. The highest BCUT2D eigenvalue weighted by Gasteiger charge is 2.16. The van der Waals surface area contributed by atoms with Gasteiger partial charge >= 0.3 is 0 Å². The molecule has 0 unspecified atom stereocenters. The van der Waals surface area contributed by atoms with Crippen molar-refractivity contribution in [1.82, 2.24) is 10.2 Å². The van der Waals surface area contributed by atoms with Gasteiger partial charge in [0.15, 0.2) is 5.82 Å². The minimum absolute atomic E-state index is 0.544. The van der Waals surface area contributed by atoms with Gasteiger partial charge in [-0.2, -0.15) is 10.4 Å². The van der Waals surface area contributed by atoms with Gasteiger partial charge in [0.25, 0.3) is 0 Å². The number of aryl methyl sites for hydroxylation is 1. The zero-order valence-electron chi connectivity index (χ0n) is 12.0. The number of benzene rings is 1. The number of anilines is 2. The molecule has 0 radical (unpaired) electrons. The summed E-state index contributed by atoms with van der Waals surface area (Å²) < 4.78 is 5.21. The van der Waals surface area contributed by atoms with Crippen molar-refractivity contribution < 1.29 is 4.74 Å². The molecule has 5 heteroatoms. The summed E-state index contributed by atoms with van der Waals surface area (Å²) >= 11 is 0. The van der Waals surface area contributed by atoms with Crippen LogP contribution in [0, 0.1) is 25.2 Å². The van der Waals surface area contributed by atoms with E-state index in [0.717, 1.165) is 22.7 Å². The molecular formula is C15H16N4O. The lowest BCUT2D eigenvalue weighted by Gasteiger charge is -2.20. The van der Waals surface area contributed by atoms with Crippen LogP contribution in [0.4, 0.5) is 11.5 Å². The number of rotatable bonds is 3. The molecule has 2 aromatic rings. The van der Waals surface area contributed by atoms with E-state index >= 15 is 0 Å². The highest BCUT2D eigenvalue weighted by Crippen LogP contribution is 2.28. The summed E-state index contributed by atoms with van der Waals surface area (Å²) in [7, 11) is 3.48. The number of hydrogen-bond donors (Lipinski definition) is 0. The quantitative estimate of drug-likeness (QED) is 0.856. The Labute approximate surface area is 118 Å². The van der Waals surface area contributed by atoms with Gasteiger partial charge in [-0.1, -0.05) is 6.07 Å². The maximum absolute atomic E-state index is 9.35. The van der Waals surface area contributed by atoms with Crippen LogP contribution in [-0.2, 0) is 0 Å². The van der Waals surface area contributed by atoms with E-state index in [1.165, 1.54) is 0 Å². The number of nitrogens with zero attached hydrogens (tertiary/aromatic N) is 4. The van der Waals surface area contributed by atoms with E-state index in [0.29, 0.717) is 11.4 Å². The van der Waals surface area contributed by atoms with Crippen LogP contribution in [0.15, 0.2) is 24.3 Å². The van der Waals surface area contributed by atoms with Crippen LogP contribution < -0.4 is 9.64 Å². The molecule has 5 nitrogen and oxygen atoms in total. The molecular weight excluding hydrogens is 252 g/mol. The number of methoxy groups -OCH3 is 1. The molecule has 0 amide bonds. The Balaban J connectivity index is 2.51. The van der Waals surface area contributed by atoms with Crippen molar-refractivity contribution in [3.8, 4) is 11.8 Å². The average molecular weight is 268 g/mol. The Bertz CT molecular complexity index is 676. The van der Waals surface area contributed by atoms with Crippen molar-refractivity contribution in [2.75, 3.05) is 19.1 Å². The molecule has 0 N–H and O–H groups in total. The van der Waals surface area contributed by atoms with E-state index in [1.54, 1.807) is 7.11 Å². The maximum atomic E-state index is 9.35. The smallest absolute Gasteiger partial charge is 0.173 e. The maximum Gasteiger partial charge on any atom is 0.173 e. The van der Waals surface area contributed by atoms with Crippen molar-refractivity contribution >= 4 is 11.5 Å². The molecule has 1 aromatic carbocycles. The summed E-state index contributed by atoms with van der Waals surface area (Å²) in [5.41, 5.74) is 3.05. The molecule has 2 rings (SSSR count). The minimum Gasteiger partial charge on any atom is -0.497 e. The molecule has 0 saturated heterocycles. The molecule has 0 aliphatic rings. The summed E-state index contributed by atoms with van der Waals surface area (Å²) in [5, 5.41) is 17.6. The molecule has 0 bridgehead atoms. The average Bonchev–Trinajstić information content (AvgIpc) is 2.49. The van der Waals surface area contributed by atoms with Gasteiger partial charge in [-0.25, -0.2) is 0 Å². The molecule has 20 heavy (non-hydrogen) atoms. The monoisotopic (exact) mass is 268 g/mol. The van der Waals surface area contributed by atoms with Crippen molar-refractivity contribution in [2.45, 2.75) is 13.8 Å². The molecule has 0 saturated carbocycles. The first kappa shape index (κ1) is 13.8. The molecule has 0 aliphatic carbocycles. The summed E-state index contributed by atoms with van der Waals surface area (Å²) in [5.74, 6) is 1.30. The second kappa shape index (κ2) is 5.57. The second-order valence-electron chi connectivity index (χ2n) is 4.48. The van der Waals surface area contributed by atoms with Gasteiger partial charge in [-0.3, -0.25) is 0 Å². The van der Waals surface area contributed by atoms with Gasteiger partial charge in [0, 0.05) is 18.8 Å². The van der Waals surface area contributed by atoms with Gasteiger partial charge in [-0.05, 0) is 31.5 Å². The van der Waals surface area contributed by atoms with Gasteiger partial charge in [0.2, 0.25) is 0 Å². The Morgan fingerprint density at radius 1 is 1.25 bits per heavy atom. The summed E-state index contributed by atoms with van der Waals surface area (Å²) in [4.78, 5) is 1.83. The van der Waals surface area contributed by atoms with Gasteiger partial charge in [0.1, 0.15) is 17.4 Å². The van der Waals surface area contributed by atoms with E-state index in [4.69, 9.17) is 4.74 Å². The van der Waals surface area contributed by atoms with E-state index < -0.39 is 0 Å². The lowest BCUT2D eigenvalue weighted by atomic mass is 10.1. The lowest BCUT2D eigenvalue weighted by Crippen LogP contribution is -2.15. The van der Waals surface area contributed by atoms with Crippen molar-refractivity contribution in [3.05, 3.63) is 41.1 Å². The van der Waals surface area contributed by atoms with Crippen LogP contribution >= 0.6 is 0 Å². The molecule has 1 heterocycles. The first-order valence-corrected chi connectivity index (χ1v) is 6.20. The third-order valence-electron chi connectivity index (χ3n) is 3.31. The number of aromatic nitrogens is 2.